The molecule has 1 aliphatic rings. The Balaban J connectivity index is 1.50. The monoisotopic (exact) mass is 617 g/mol. The number of aryl methyl sites for hydroxylation is 1. The van der Waals surface area contributed by atoms with Crippen LogP contribution in [-0.2, 0) is 37.8 Å². The molecule has 3 aromatic rings. The van der Waals surface area contributed by atoms with Crippen molar-refractivity contribution in [1.29, 1.82) is 0 Å². The van der Waals surface area contributed by atoms with Crippen LogP contribution in [0.25, 0.3) is 0 Å². The van der Waals surface area contributed by atoms with Crippen molar-refractivity contribution < 1.29 is 36.6 Å². The van der Waals surface area contributed by atoms with Gasteiger partial charge in [-0.25, -0.2) is 22.2 Å². The Bertz CT molecular complexity index is 1540. The molecule has 0 bridgehead atoms. The van der Waals surface area contributed by atoms with Crippen molar-refractivity contribution in [2.45, 2.75) is 42.5 Å². The molecule has 2 unspecified atom stereocenters. The number of halogens is 2. The van der Waals surface area contributed by atoms with Crippen molar-refractivity contribution in [3.63, 3.8) is 0 Å². The molecule has 11 nitrogen and oxygen atoms in total. The number of hydrogen-bond donors (Lipinski definition) is 3. The van der Waals surface area contributed by atoms with Crippen LogP contribution in [0.1, 0.15) is 18.4 Å². The summed E-state index contributed by atoms with van der Waals surface area (Å²) in [6.07, 6.45) is 4.33. The third-order valence-corrected chi connectivity index (χ3v) is 8.49. The first kappa shape index (κ1) is 31.9. The number of benzene rings is 2. The van der Waals surface area contributed by atoms with Gasteiger partial charge in [-0.15, -0.1) is 0 Å². The standard InChI is InChI=1S/C29H33F2N5O6S/c1-35-18-29(32-19-35)43(40,41)36(16-22-8-5-13-42-22)17-26(37)25(14-20-6-3-2-4-7-20)34-28(39)12-11-27(38)33-24-10-9-21(30)15-23(24)31/h2-4,6-7,9-12,15,18-19,22,25-26,37H,5,8,13-14,16-17H2,1H3,(H,33,38)(H,34,39)/b12-11+/t22-,25?,26?/m1/s1. The van der Waals surface area contributed by atoms with Crippen LogP contribution in [-0.4, -0.2) is 77.1 Å². The molecule has 14 heteroatoms. The van der Waals surface area contributed by atoms with E-state index in [-0.39, 0.29) is 36.3 Å². The summed E-state index contributed by atoms with van der Waals surface area (Å²) in [5.74, 6) is -3.39. The molecule has 2 heterocycles. The van der Waals surface area contributed by atoms with Crippen molar-refractivity contribution in [2.75, 3.05) is 25.0 Å². The van der Waals surface area contributed by atoms with Gasteiger partial charge in [0.15, 0.2) is 5.03 Å². The summed E-state index contributed by atoms with van der Waals surface area (Å²) in [6, 6.07) is 10.6. The number of ether oxygens (including phenoxy) is 1. The number of rotatable bonds is 13. The molecule has 0 spiro atoms. The van der Waals surface area contributed by atoms with E-state index in [1.165, 1.54) is 17.1 Å². The number of nitrogens with one attached hydrogen (secondary N) is 2. The highest BCUT2D eigenvalue weighted by Crippen LogP contribution is 2.21. The van der Waals surface area contributed by atoms with Gasteiger partial charge < -0.3 is 25.0 Å². The summed E-state index contributed by atoms with van der Waals surface area (Å²) in [5.41, 5.74) is 0.493. The lowest BCUT2D eigenvalue weighted by Crippen LogP contribution is -2.51. The molecule has 0 radical (unpaired) electrons. The zero-order valence-corrected chi connectivity index (χ0v) is 24.2. The first-order valence-corrected chi connectivity index (χ1v) is 15.0. The molecule has 1 fully saturated rings. The smallest absolute Gasteiger partial charge is 0.262 e. The maximum atomic E-state index is 13.9. The Morgan fingerprint density at radius 2 is 1.93 bits per heavy atom. The molecule has 3 N–H and O–H groups in total. The molecular formula is C29H33F2N5O6S. The number of nitrogens with zero attached hydrogens (tertiary/aromatic N) is 3. The number of aromatic nitrogens is 2. The minimum atomic E-state index is -4.13. The van der Waals surface area contributed by atoms with Gasteiger partial charge in [0.1, 0.15) is 11.6 Å². The van der Waals surface area contributed by atoms with Gasteiger partial charge in [0.2, 0.25) is 11.8 Å². The number of anilines is 1. The second-order valence-electron chi connectivity index (χ2n) is 10.2. The number of imidazole rings is 1. The highest BCUT2D eigenvalue weighted by molar-refractivity contribution is 7.89. The normalized spacial score (nSPS) is 16.8. The summed E-state index contributed by atoms with van der Waals surface area (Å²) in [4.78, 5) is 29.0. The number of aliphatic hydroxyl groups is 1. The number of carbonyl (C=O) groups is 2. The largest absolute Gasteiger partial charge is 0.390 e. The van der Waals surface area contributed by atoms with Gasteiger partial charge in [-0.2, -0.15) is 4.31 Å². The second kappa shape index (κ2) is 14.5. The zero-order chi connectivity index (χ0) is 31.0. The Hall–Kier alpha value is -3.98. The molecule has 0 saturated carbocycles. The molecule has 43 heavy (non-hydrogen) atoms. The van der Waals surface area contributed by atoms with Crippen LogP contribution in [0.4, 0.5) is 14.5 Å². The van der Waals surface area contributed by atoms with Gasteiger partial charge in [0.25, 0.3) is 10.0 Å². The molecule has 0 aliphatic carbocycles. The molecule has 2 amide bonds. The summed E-state index contributed by atoms with van der Waals surface area (Å²) in [6.45, 7) is 0.123. The lowest BCUT2D eigenvalue weighted by Gasteiger charge is -2.30. The molecule has 4 rings (SSSR count). The SMILES string of the molecule is Cn1cnc(S(=O)(=O)N(CC(O)C(Cc2ccccc2)NC(=O)/C=C/C(=O)Nc2ccc(F)cc2F)C[C@H]2CCCO2)c1. The molecule has 1 saturated heterocycles. The van der Waals surface area contributed by atoms with E-state index in [9.17, 15) is 31.9 Å². The van der Waals surface area contributed by atoms with Gasteiger partial charge in [0.05, 0.1) is 30.3 Å². The van der Waals surface area contributed by atoms with Gasteiger partial charge in [-0.1, -0.05) is 30.3 Å². The van der Waals surface area contributed by atoms with Crippen LogP contribution in [0.3, 0.4) is 0 Å². The number of carbonyl (C=O) groups excluding carboxylic acids is 2. The predicted octanol–water partition coefficient (Wildman–Crippen LogP) is 2.15. The van der Waals surface area contributed by atoms with E-state index in [1.807, 2.05) is 6.07 Å². The van der Waals surface area contributed by atoms with E-state index in [0.29, 0.717) is 19.1 Å². The van der Waals surface area contributed by atoms with Crippen LogP contribution in [0.15, 0.2) is 78.2 Å². The van der Waals surface area contributed by atoms with Gasteiger partial charge in [-0.05, 0) is 37.0 Å². The van der Waals surface area contributed by atoms with Crippen molar-refractivity contribution in [3.8, 4) is 0 Å². The van der Waals surface area contributed by atoms with E-state index in [2.05, 4.69) is 15.6 Å². The summed E-state index contributed by atoms with van der Waals surface area (Å²) >= 11 is 0. The fourth-order valence-corrected chi connectivity index (χ4v) is 6.03. The second-order valence-corrected chi connectivity index (χ2v) is 12.0. The topological polar surface area (TPSA) is 143 Å². The van der Waals surface area contributed by atoms with Crippen LogP contribution >= 0.6 is 0 Å². The summed E-state index contributed by atoms with van der Waals surface area (Å²) < 4.78 is 62.3. The minimum absolute atomic E-state index is 0.0119. The van der Waals surface area contributed by atoms with E-state index in [1.54, 1.807) is 31.3 Å². The zero-order valence-electron chi connectivity index (χ0n) is 23.4. The lowest BCUT2D eigenvalue weighted by molar-refractivity contribution is -0.118. The van der Waals surface area contributed by atoms with E-state index < -0.39 is 45.6 Å². The van der Waals surface area contributed by atoms with Gasteiger partial charge in [0, 0.05) is 51.2 Å². The quantitative estimate of drug-likeness (QED) is 0.250. The number of sulfonamides is 1. The first-order valence-electron chi connectivity index (χ1n) is 13.6. The molecule has 230 valence electrons. The van der Waals surface area contributed by atoms with Crippen molar-refractivity contribution in [3.05, 3.63) is 90.4 Å². The Morgan fingerprint density at radius 1 is 1.19 bits per heavy atom. The highest BCUT2D eigenvalue weighted by atomic mass is 32.2. The van der Waals surface area contributed by atoms with E-state index >= 15 is 0 Å². The Morgan fingerprint density at radius 3 is 2.58 bits per heavy atom. The first-order chi connectivity index (χ1) is 20.5. The van der Waals surface area contributed by atoms with Crippen LogP contribution in [0.2, 0.25) is 0 Å². The third kappa shape index (κ3) is 9.00. The van der Waals surface area contributed by atoms with Gasteiger partial charge in [-0.3, -0.25) is 9.59 Å². The van der Waals surface area contributed by atoms with Crippen molar-refractivity contribution >= 4 is 27.5 Å². The molecule has 3 atom stereocenters. The molecule has 2 aromatic carbocycles. The molecule has 1 aromatic heterocycles. The number of aliphatic hydroxyl groups excluding tert-OH is 1. The van der Waals surface area contributed by atoms with Crippen LogP contribution in [0, 0.1) is 11.6 Å². The highest BCUT2D eigenvalue weighted by Gasteiger charge is 2.34. The van der Waals surface area contributed by atoms with E-state index in [0.717, 1.165) is 40.6 Å². The maximum Gasteiger partial charge on any atom is 0.262 e. The predicted molar refractivity (Wildman–Crippen MR) is 153 cm³/mol. The minimum Gasteiger partial charge on any atom is -0.390 e. The number of amides is 2. The van der Waals surface area contributed by atoms with Crippen molar-refractivity contribution in [2.24, 2.45) is 7.05 Å². The lowest BCUT2D eigenvalue weighted by atomic mass is 10.0. The average molecular weight is 618 g/mol. The number of hydrogen-bond acceptors (Lipinski definition) is 7. The maximum absolute atomic E-state index is 13.9. The summed E-state index contributed by atoms with van der Waals surface area (Å²) in [7, 11) is -2.49. The Kier molecular flexibility index (Phi) is 10.7. The summed E-state index contributed by atoms with van der Waals surface area (Å²) in [5, 5.41) is 16.0. The van der Waals surface area contributed by atoms with E-state index in [4.69, 9.17) is 4.74 Å². The van der Waals surface area contributed by atoms with Crippen LogP contribution in [0.5, 0.6) is 0 Å². The fraction of sp³-hybridized carbons (Fsp3) is 0.345. The molecule has 1 aliphatic heterocycles. The Labute approximate surface area is 248 Å². The fourth-order valence-electron chi connectivity index (χ4n) is 4.58. The third-order valence-electron chi connectivity index (χ3n) is 6.77. The van der Waals surface area contributed by atoms with Gasteiger partial charge >= 0.3 is 0 Å². The van der Waals surface area contributed by atoms with Crippen LogP contribution < -0.4 is 10.6 Å². The molecular weight excluding hydrogens is 584 g/mol. The van der Waals surface area contributed by atoms with Crippen molar-refractivity contribution in [1.82, 2.24) is 19.2 Å². The average Bonchev–Trinajstić information content (AvgIpc) is 3.65.